The van der Waals surface area contributed by atoms with E-state index in [-0.39, 0.29) is 5.56 Å². The monoisotopic (exact) mass is 378 g/mol. The second kappa shape index (κ2) is 7.40. The zero-order valence-electron chi connectivity index (χ0n) is 14.3. The average molecular weight is 378 g/mol. The van der Waals surface area contributed by atoms with Crippen LogP contribution in [0.1, 0.15) is 34.4 Å². The van der Waals surface area contributed by atoms with Gasteiger partial charge in [-0.25, -0.2) is 13.6 Å². The normalized spacial score (nSPS) is 18.0. The van der Waals surface area contributed by atoms with E-state index in [0.717, 1.165) is 18.2 Å². The molecule has 0 unspecified atom stereocenters. The van der Waals surface area contributed by atoms with Gasteiger partial charge in [0.2, 0.25) is 0 Å². The molecule has 0 saturated carbocycles. The zero-order valence-corrected chi connectivity index (χ0v) is 14.3. The summed E-state index contributed by atoms with van der Waals surface area (Å²) < 4.78 is 33.0. The van der Waals surface area contributed by atoms with Gasteiger partial charge in [0.15, 0.2) is 6.10 Å². The smallest absolute Gasteiger partial charge is 0.408 e. The fourth-order valence-corrected chi connectivity index (χ4v) is 2.86. The summed E-state index contributed by atoms with van der Waals surface area (Å²) in [4.78, 5) is 15.9. The van der Waals surface area contributed by atoms with Crippen molar-refractivity contribution in [3.05, 3.63) is 89.0 Å². The summed E-state index contributed by atoms with van der Waals surface area (Å²) in [5.74, 6) is 4.58. The molecule has 138 valence electrons. The summed E-state index contributed by atoms with van der Waals surface area (Å²) in [6.07, 6.45) is 4.37. The fraction of sp³-hybridized carbons (Fsp3) is 0.100. The van der Waals surface area contributed by atoms with Crippen LogP contribution in [0.4, 0.5) is 13.6 Å². The summed E-state index contributed by atoms with van der Waals surface area (Å²) in [5, 5.41) is 10.0. The Bertz CT molecular complexity index is 1100. The first-order valence-electron chi connectivity index (χ1n) is 8.26. The van der Waals surface area contributed by atoms with Crippen LogP contribution < -0.4 is 5.32 Å². The van der Waals surface area contributed by atoms with Crippen molar-refractivity contribution in [2.75, 3.05) is 0 Å². The summed E-state index contributed by atoms with van der Waals surface area (Å²) in [6.45, 7) is 0. The number of carbonyl (C=O) groups is 1. The van der Waals surface area contributed by atoms with Gasteiger partial charge in [0, 0.05) is 29.1 Å². The highest BCUT2D eigenvalue weighted by Crippen LogP contribution is 2.37. The van der Waals surface area contributed by atoms with Crippen molar-refractivity contribution in [2.45, 2.75) is 12.1 Å². The van der Waals surface area contributed by atoms with Crippen LogP contribution in [-0.2, 0) is 4.74 Å². The molecule has 0 bridgehead atoms. The molecule has 0 spiro atoms. The molecule has 1 amide bonds. The van der Waals surface area contributed by atoms with E-state index < -0.39 is 29.9 Å². The maximum absolute atomic E-state index is 14.2. The predicted molar refractivity (Wildman–Crippen MR) is 93.7 cm³/mol. The lowest BCUT2D eigenvalue weighted by atomic mass is 9.96. The van der Waals surface area contributed by atoms with E-state index in [1.807, 2.05) is 0 Å². The molecule has 3 heterocycles. The van der Waals surface area contributed by atoms with Gasteiger partial charge in [-0.05, 0) is 35.9 Å². The highest BCUT2D eigenvalue weighted by molar-refractivity contribution is 5.71. The van der Waals surface area contributed by atoms with Gasteiger partial charge < -0.3 is 10.1 Å². The highest BCUT2D eigenvalue weighted by atomic mass is 19.1. The van der Waals surface area contributed by atoms with E-state index in [9.17, 15) is 13.6 Å². The Labute approximate surface area is 158 Å². The minimum Gasteiger partial charge on any atom is -0.439 e. The number of rotatable bonds is 2. The Hall–Kier alpha value is -3.86. The van der Waals surface area contributed by atoms with Crippen molar-refractivity contribution in [3.63, 3.8) is 0 Å². The first-order chi connectivity index (χ1) is 13.6. The maximum Gasteiger partial charge on any atom is 0.408 e. The highest BCUT2D eigenvalue weighted by Gasteiger charge is 2.38. The third kappa shape index (κ3) is 3.64. The molecule has 1 aliphatic heterocycles. The number of pyridine rings is 1. The van der Waals surface area contributed by atoms with Gasteiger partial charge in [0.1, 0.15) is 17.7 Å². The van der Waals surface area contributed by atoms with Crippen LogP contribution in [0.25, 0.3) is 0 Å². The molecule has 0 radical (unpaired) electrons. The van der Waals surface area contributed by atoms with Crippen LogP contribution in [0, 0.1) is 23.5 Å². The van der Waals surface area contributed by atoms with Crippen LogP contribution in [-0.4, -0.2) is 21.3 Å². The van der Waals surface area contributed by atoms with Gasteiger partial charge in [-0.2, -0.15) is 10.2 Å². The predicted octanol–water partition coefficient (Wildman–Crippen LogP) is 3.07. The molecule has 1 N–H and O–H groups in total. The fourth-order valence-electron chi connectivity index (χ4n) is 2.86. The topological polar surface area (TPSA) is 77.0 Å². The Morgan fingerprint density at radius 3 is 2.68 bits per heavy atom. The maximum atomic E-state index is 14.2. The van der Waals surface area contributed by atoms with Gasteiger partial charge in [0.25, 0.3) is 0 Å². The Kier molecular flexibility index (Phi) is 4.64. The number of halogens is 2. The first-order valence-corrected chi connectivity index (χ1v) is 8.26. The Balaban J connectivity index is 1.67. The van der Waals surface area contributed by atoms with E-state index in [1.165, 1.54) is 18.6 Å². The number of benzene rings is 1. The van der Waals surface area contributed by atoms with Crippen molar-refractivity contribution in [2.24, 2.45) is 0 Å². The zero-order chi connectivity index (χ0) is 19.5. The van der Waals surface area contributed by atoms with Crippen LogP contribution in [0.3, 0.4) is 0 Å². The van der Waals surface area contributed by atoms with Crippen LogP contribution >= 0.6 is 0 Å². The molecule has 1 fully saturated rings. The number of nitrogens with zero attached hydrogens (tertiary/aromatic N) is 3. The lowest BCUT2D eigenvalue weighted by molar-refractivity contribution is 0.130. The Morgan fingerprint density at radius 2 is 1.86 bits per heavy atom. The third-order valence-electron chi connectivity index (χ3n) is 4.13. The van der Waals surface area contributed by atoms with Crippen molar-refractivity contribution in [1.82, 2.24) is 20.5 Å². The Morgan fingerprint density at radius 1 is 1.00 bits per heavy atom. The van der Waals surface area contributed by atoms with Crippen LogP contribution in [0.2, 0.25) is 0 Å². The van der Waals surface area contributed by atoms with E-state index in [1.54, 1.807) is 18.3 Å². The lowest BCUT2D eigenvalue weighted by Gasteiger charge is -2.18. The van der Waals surface area contributed by atoms with Crippen molar-refractivity contribution in [1.29, 1.82) is 0 Å². The summed E-state index contributed by atoms with van der Waals surface area (Å²) in [6, 6.07) is 5.70. The number of hydrogen-bond donors (Lipinski definition) is 1. The van der Waals surface area contributed by atoms with Gasteiger partial charge in [-0.1, -0.05) is 11.8 Å². The second-order valence-corrected chi connectivity index (χ2v) is 6.00. The summed E-state index contributed by atoms with van der Waals surface area (Å²) in [7, 11) is 0. The average Bonchev–Trinajstić information content (AvgIpc) is 3.11. The van der Waals surface area contributed by atoms with Crippen molar-refractivity contribution in [3.8, 4) is 11.8 Å². The second-order valence-electron chi connectivity index (χ2n) is 6.00. The molecule has 0 aliphatic carbocycles. The minimum atomic E-state index is -1.03. The van der Waals surface area contributed by atoms with Gasteiger partial charge in [-0.15, -0.1) is 0 Å². The number of nitrogens with one attached hydrogen (secondary N) is 1. The van der Waals surface area contributed by atoms with E-state index in [2.05, 4.69) is 32.3 Å². The molecule has 2 atom stereocenters. The van der Waals surface area contributed by atoms with E-state index in [4.69, 9.17) is 4.74 Å². The molecule has 3 aromatic rings. The number of cyclic esters (lactones) is 1. The summed E-state index contributed by atoms with van der Waals surface area (Å²) >= 11 is 0. The summed E-state index contributed by atoms with van der Waals surface area (Å²) in [5.41, 5.74) is 1.76. The van der Waals surface area contributed by atoms with Crippen LogP contribution in [0.5, 0.6) is 0 Å². The standard InChI is InChI=1S/C20H12F2N4O2/c21-15-3-4-17(22)16(8-15)19-18(26-20(27)28-19)14-7-13(9-23-11-14)2-1-12-5-6-24-25-10-12/h3-11,18-19H,(H,26,27)/t18-,19-/m1/s1. The van der Waals surface area contributed by atoms with Crippen LogP contribution in [0.15, 0.2) is 55.1 Å². The molecule has 4 rings (SSSR count). The number of ether oxygens (including phenoxy) is 1. The number of aromatic nitrogens is 3. The number of carbonyl (C=O) groups excluding carboxylic acids is 1. The van der Waals surface area contributed by atoms with Gasteiger partial charge >= 0.3 is 6.09 Å². The molecule has 2 aromatic heterocycles. The van der Waals surface area contributed by atoms with Gasteiger partial charge in [0.05, 0.1) is 12.4 Å². The lowest BCUT2D eigenvalue weighted by Crippen LogP contribution is -2.20. The van der Waals surface area contributed by atoms with E-state index >= 15 is 0 Å². The molecule has 1 saturated heterocycles. The minimum absolute atomic E-state index is 0.0531. The molecule has 8 heteroatoms. The molecule has 1 aromatic carbocycles. The molecular formula is C20H12F2N4O2. The molecule has 6 nitrogen and oxygen atoms in total. The SMILES string of the molecule is O=C1N[C@H](c2cncc(C#Cc3ccnnc3)c2)[C@@H](c2cc(F)ccc2F)O1. The first kappa shape index (κ1) is 17.5. The quantitative estimate of drug-likeness (QED) is 0.694. The number of amides is 1. The molecule has 28 heavy (non-hydrogen) atoms. The number of alkyl carbamates (subject to hydrolysis) is 1. The molecule has 1 aliphatic rings. The van der Waals surface area contributed by atoms with Crippen molar-refractivity contribution < 1.29 is 18.3 Å². The largest absolute Gasteiger partial charge is 0.439 e. The molecular weight excluding hydrogens is 366 g/mol. The van der Waals surface area contributed by atoms with Gasteiger partial charge in [-0.3, -0.25) is 4.98 Å². The third-order valence-corrected chi connectivity index (χ3v) is 4.13. The van der Waals surface area contributed by atoms with E-state index in [0.29, 0.717) is 16.7 Å². The van der Waals surface area contributed by atoms with Crippen molar-refractivity contribution >= 4 is 6.09 Å². The number of hydrogen-bond acceptors (Lipinski definition) is 5.